The molecular formula is C21H40. The Balaban J connectivity index is 1.52. The molecule has 0 aromatic carbocycles. The van der Waals surface area contributed by atoms with Crippen LogP contribution in [0.25, 0.3) is 0 Å². The predicted molar refractivity (Wildman–Crippen MR) is 94.6 cm³/mol. The first-order chi connectivity index (χ1) is 10.3. The Morgan fingerprint density at radius 1 is 0.619 bits per heavy atom. The average Bonchev–Trinajstić information content (AvgIpc) is 2.52. The van der Waals surface area contributed by atoms with Crippen LogP contribution in [0.4, 0.5) is 0 Å². The third-order valence-corrected chi connectivity index (χ3v) is 6.58. The molecule has 2 aliphatic carbocycles. The lowest BCUT2D eigenvalue weighted by Gasteiger charge is -2.37. The Bertz CT molecular complexity index is 241. The molecule has 21 heavy (non-hydrogen) atoms. The molecule has 0 spiro atoms. The van der Waals surface area contributed by atoms with E-state index in [1.807, 2.05) is 0 Å². The summed E-state index contributed by atoms with van der Waals surface area (Å²) in [5.74, 6) is 4.33. The normalized spacial score (nSPS) is 34.0. The lowest BCUT2D eigenvalue weighted by molar-refractivity contribution is 0.146. The van der Waals surface area contributed by atoms with Gasteiger partial charge in [0.25, 0.3) is 0 Å². The van der Waals surface area contributed by atoms with E-state index in [-0.39, 0.29) is 0 Å². The molecule has 0 aliphatic heterocycles. The molecule has 0 aromatic heterocycles. The van der Waals surface area contributed by atoms with Crippen LogP contribution in [0.3, 0.4) is 0 Å². The van der Waals surface area contributed by atoms with Gasteiger partial charge in [-0.15, -0.1) is 0 Å². The SMILES string of the molecule is CCCCCCCCC1CCC(C2CCC(C)CC2)CC1. The summed E-state index contributed by atoms with van der Waals surface area (Å²) in [6.07, 6.45) is 22.7. The minimum Gasteiger partial charge on any atom is -0.0654 e. The van der Waals surface area contributed by atoms with E-state index < -0.39 is 0 Å². The third-order valence-electron chi connectivity index (χ3n) is 6.58. The molecule has 0 unspecified atom stereocenters. The molecule has 0 heterocycles. The molecule has 0 nitrogen and oxygen atoms in total. The molecule has 2 aliphatic rings. The van der Waals surface area contributed by atoms with Crippen LogP contribution in [0.5, 0.6) is 0 Å². The first-order valence-electron chi connectivity index (χ1n) is 10.3. The second-order valence-electron chi connectivity index (χ2n) is 8.36. The fourth-order valence-corrected chi connectivity index (χ4v) is 4.92. The molecule has 2 rings (SSSR count). The molecule has 0 bridgehead atoms. The predicted octanol–water partition coefficient (Wildman–Crippen LogP) is 7.37. The van der Waals surface area contributed by atoms with Crippen molar-refractivity contribution in [3.8, 4) is 0 Å². The highest BCUT2D eigenvalue weighted by Crippen LogP contribution is 2.42. The average molecular weight is 293 g/mol. The molecule has 2 fully saturated rings. The van der Waals surface area contributed by atoms with Crippen LogP contribution in [0.2, 0.25) is 0 Å². The van der Waals surface area contributed by atoms with Crippen molar-refractivity contribution in [1.29, 1.82) is 0 Å². The number of unbranched alkanes of at least 4 members (excludes halogenated alkanes) is 5. The van der Waals surface area contributed by atoms with Crippen LogP contribution in [-0.4, -0.2) is 0 Å². The van der Waals surface area contributed by atoms with E-state index in [1.165, 1.54) is 51.4 Å². The maximum atomic E-state index is 2.45. The number of rotatable bonds is 8. The van der Waals surface area contributed by atoms with E-state index in [0.717, 1.165) is 23.7 Å². The smallest absolute Gasteiger partial charge is 0.0386 e. The lowest BCUT2D eigenvalue weighted by Crippen LogP contribution is -2.25. The van der Waals surface area contributed by atoms with E-state index in [2.05, 4.69) is 13.8 Å². The summed E-state index contributed by atoms with van der Waals surface area (Å²) in [6, 6.07) is 0. The van der Waals surface area contributed by atoms with E-state index in [9.17, 15) is 0 Å². The molecule has 0 saturated heterocycles. The summed E-state index contributed by atoms with van der Waals surface area (Å²) in [6.45, 7) is 4.76. The molecule has 0 radical (unpaired) electrons. The molecule has 2 saturated carbocycles. The van der Waals surface area contributed by atoms with Gasteiger partial charge in [-0.1, -0.05) is 84.5 Å². The van der Waals surface area contributed by atoms with Crippen molar-refractivity contribution >= 4 is 0 Å². The van der Waals surface area contributed by atoms with Gasteiger partial charge in [0.1, 0.15) is 0 Å². The Morgan fingerprint density at radius 2 is 1.14 bits per heavy atom. The summed E-state index contributed by atoms with van der Waals surface area (Å²) < 4.78 is 0. The maximum absolute atomic E-state index is 2.45. The zero-order valence-electron chi connectivity index (χ0n) is 14.9. The Hall–Kier alpha value is 0. The highest BCUT2D eigenvalue weighted by molar-refractivity contribution is 4.81. The summed E-state index contributed by atoms with van der Waals surface area (Å²) in [4.78, 5) is 0. The minimum atomic E-state index is 1.02. The second kappa shape index (κ2) is 9.90. The van der Waals surface area contributed by atoms with Crippen LogP contribution in [0.1, 0.15) is 110 Å². The van der Waals surface area contributed by atoms with Crippen molar-refractivity contribution in [1.82, 2.24) is 0 Å². The van der Waals surface area contributed by atoms with E-state index in [0.29, 0.717) is 0 Å². The summed E-state index contributed by atoms with van der Waals surface area (Å²) in [5, 5.41) is 0. The standard InChI is InChI=1S/C21H40/c1-3-4-5-6-7-8-9-19-12-16-21(17-13-19)20-14-10-18(2)11-15-20/h18-21H,3-17H2,1-2H3. The Kier molecular flexibility index (Phi) is 8.19. The topological polar surface area (TPSA) is 0 Å². The van der Waals surface area contributed by atoms with Crippen molar-refractivity contribution in [2.45, 2.75) is 110 Å². The van der Waals surface area contributed by atoms with Crippen molar-refractivity contribution in [2.75, 3.05) is 0 Å². The van der Waals surface area contributed by atoms with Gasteiger partial charge < -0.3 is 0 Å². The Labute approximate surface area is 134 Å². The monoisotopic (exact) mass is 292 g/mol. The molecule has 0 N–H and O–H groups in total. The van der Waals surface area contributed by atoms with Crippen LogP contribution >= 0.6 is 0 Å². The van der Waals surface area contributed by atoms with Gasteiger partial charge in [0.15, 0.2) is 0 Å². The first-order valence-corrected chi connectivity index (χ1v) is 10.3. The zero-order chi connectivity index (χ0) is 14.9. The second-order valence-corrected chi connectivity index (χ2v) is 8.36. The Morgan fingerprint density at radius 3 is 1.76 bits per heavy atom. The lowest BCUT2D eigenvalue weighted by atomic mass is 9.69. The maximum Gasteiger partial charge on any atom is -0.0386 e. The fourth-order valence-electron chi connectivity index (χ4n) is 4.92. The van der Waals surface area contributed by atoms with Gasteiger partial charge in [-0.25, -0.2) is 0 Å². The van der Waals surface area contributed by atoms with Crippen molar-refractivity contribution in [2.24, 2.45) is 23.7 Å². The van der Waals surface area contributed by atoms with Gasteiger partial charge in [-0.3, -0.25) is 0 Å². The van der Waals surface area contributed by atoms with E-state index in [1.54, 1.807) is 44.9 Å². The van der Waals surface area contributed by atoms with Gasteiger partial charge in [0, 0.05) is 0 Å². The molecule has 0 aromatic rings. The zero-order valence-corrected chi connectivity index (χ0v) is 14.9. The molecule has 0 atom stereocenters. The van der Waals surface area contributed by atoms with Crippen molar-refractivity contribution in [3.05, 3.63) is 0 Å². The van der Waals surface area contributed by atoms with Crippen LogP contribution in [0, 0.1) is 23.7 Å². The van der Waals surface area contributed by atoms with Crippen molar-refractivity contribution < 1.29 is 0 Å². The summed E-state index contributed by atoms with van der Waals surface area (Å²) in [5.41, 5.74) is 0. The molecular weight excluding hydrogens is 252 g/mol. The molecule has 124 valence electrons. The van der Waals surface area contributed by atoms with Crippen LogP contribution in [0.15, 0.2) is 0 Å². The quantitative estimate of drug-likeness (QED) is 0.410. The number of hydrogen-bond donors (Lipinski definition) is 0. The fraction of sp³-hybridized carbons (Fsp3) is 1.00. The highest BCUT2D eigenvalue weighted by Gasteiger charge is 2.29. The first kappa shape index (κ1) is 17.4. The summed E-state index contributed by atoms with van der Waals surface area (Å²) >= 11 is 0. The van der Waals surface area contributed by atoms with Gasteiger partial charge in [-0.05, 0) is 49.4 Å². The highest BCUT2D eigenvalue weighted by atomic mass is 14.3. The van der Waals surface area contributed by atoms with Gasteiger partial charge >= 0.3 is 0 Å². The van der Waals surface area contributed by atoms with Gasteiger partial charge in [-0.2, -0.15) is 0 Å². The molecule has 0 amide bonds. The third kappa shape index (κ3) is 6.33. The summed E-state index contributed by atoms with van der Waals surface area (Å²) in [7, 11) is 0. The van der Waals surface area contributed by atoms with Crippen LogP contribution < -0.4 is 0 Å². The number of hydrogen-bond acceptors (Lipinski definition) is 0. The van der Waals surface area contributed by atoms with Crippen molar-refractivity contribution in [3.63, 3.8) is 0 Å². The van der Waals surface area contributed by atoms with E-state index >= 15 is 0 Å². The van der Waals surface area contributed by atoms with Gasteiger partial charge in [0.2, 0.25) is 0 Å². The largest absolute Gasteiger partial charge is 0.0654 e. The minimum absolute atomic E-state index is 1.02. The van der Waals surface area contributed by atoms with E-state index in [4.69, 9.17) is 0 Å². The molecule has 0 heteroatoms. The van der Waals surface area contributed by atoms with Crippen LogP contribution in [-0.2, 0) is 0 Å². The van der Waals surface area contributed by atoms with Gasteiger partial charge in [0.05, 0.1) is 0 Å².